The molecule has 0 aliphatic rings. The first-order valence-electron chi connectivity index (χ1n) is 3.98. The minimum absolute atomic E-state index is 0.245. The summed E-state index contributed by atoms with van der Waals surface area (Å²) in [5.74, 6) is 0. The zero-order valence-corrected chi connectivity index (χ0v) is 7.56. The second-order valence-corrected chi connectivity index (χ2v) is 2.69. The second-order valence-electron chi connectivity index (χ2n) is 2.69. The quantitative estimate of drug-likeness (QED) is 0.765. The summed E-state index contributed by atoms with van der Waals surface area (Å²) in [6.07, 6.45) is -4.28. The number of hydrogen-bond donors (Lipinski definition) is 1. The van der Waals surface area contributed by atoms with Crippen LogP contribution in [0.5, 0.6) is 0 Å². The van der Waals surface area contributed by atoms with Crippen LogP contribution in [-0.2, 0) is 17.6 Å². The van der Waals surface area contributed by atoms with E-state index in [-0.39, 0.29) is 6.61 Å². The van der Waals surface area contributed by atoms with Crippen molar-refractivity contribution in [2.24, 2.45) is 0 Å². The smallest absolute Gasteiger partial charge is 0.297 e. The molecule has 2 nitrogen and oxygen atoms in total. The van der Waals surface area contributed by atoms with Gasteiger partial charge in [-0.2, -0.15) is 13.2 Å². The molecular formula is C9H10F3NO. The van der Waals surface area contributed by atoms with Gasteiger partial charge in [0.15, 0.2) is 0 Å². The molecule has 5 heteroatoms. The fourth-order valence-corrected chi connectivity index (χ4v) is 0.945. The molecule has 78 valence electrons. The van der Waals surface area contributed by atoms with E-state index in [2.05, 4.69) is 5.48 Å². The summed E-state index contributed by atoms with van der Waals surface area (Å²) >= 11 is 0. The Labute approximate surface area is 79.6 Å². The van der Waals surface area contributed by atoms with Crippen LogP contribution in [-0.4, -0.2) is 7.05 Å². The molecule has 0 fully saturated rings. The fraction of sp³-hybridized carbons (Fsp3) is 0.333. The summed E-state index contributed by atoms with van der Waals surface area (Å²) in [7, 11) is 1.59. The van der Waals surface area contributed by atoms with Crippen molar-refractivity contribution in [3.8, 4) is 0 Å². The van der Waals surface area contributed by atoms with Crippen LogP contribution in [0, 0.1) is 0 Å². The summed E-state index contributed by atoms with van der Waals surface area (Å²) in [6, 6.07) is 4.85. The normalized spacial score (nSPS) is 11.7. The Hall–Kier alpha value is -1.07. The second kappa shape index (κ2) is 4.43. The first-order valence-corrected chi connectivity index (χ1v) is 3.98. The number of nitrogens with one attached hydrogen (secondary N) is 1. The third-order valence-corrected chi connectivity index (χ3v) is 1.66. The Morgan fingerprint density at radius 3 is 2.21 bits per heavy atom. The largest absolute Gasteiger partial charge is 0.416 e. The summed E-state index contributed by atoms with van der Waals surface area (Å²) in [5.41, 5.74) is 2.48. The van der Waals surface area contributed by atoms with E-state index >= 15 is 0 Å². The topological polar surface area (TPSA) is 21.3 Å². The first-order chi connectivity index (χ1) is 6.54. The van der Waals surface area contributed by atoms with Crippen LogP contribution in [0.2, 0.25) is 0 Å². The van der Waals surface area contributed by atoms with Gasteiger partial charge in [0.05, 0.1) is 12.2 Å². The monoisotopic (exact) mass is 205 g/mol. The van der Waals surface area contributed by atoms with E-state index in [9.17, 15) is 13.2 Å². The Bertz CT molecular complexity index is 281. The molecule has 14 heavy (non-hydrogen) atoms. The van der Waals surface area contributed by atoms with Crippen molar-refractivity contribution in [3.05, 3.63) is 35.4 Å². The number of rotatable bonds is 3. The van der Waals surface area contributed by atoms with Crippen LogP contribution >= 0.6 is 0 Å². The van der Waals surface area contributed by atoms with Gasteiger partial charge in [-0.3, -0.25) is 4.84 Å². The van der Waals surface area contributed by atoms with Crippen LogP contribution in [0.3, 0.4) is 0 Å². The third-order valence-electron chi connectivity index (χ3n) is 1.66. The number of alkyl halides is 3. The predicted octanol–water partition coefficient (Wildman–Crippen LogP) is 2.36. The molecule has 0 atom stereocenters. The molecule has 0 bridgehead atoms. The third kappa shape index (κ3) is 3.01. The number of hydroxylamine groups is 1. The first kappa shape index (κ1) is 11.0. The van der Waals surface area contributed by atoms with Crippen molar-refractivity contribution in [1.82, 2.24) is 5.48 Å². The van der Waals surface area contributed by atoms with Crippen molar-refractivity contribution in [1.29, 1.82) is 0 Å². The molecule has 1 rings (SSSR count). The molecule has 0 heterocycles. The molecule has 0 aliphatic heterocycles. The lowest BCUT2D eigenvalue weighted by Crippen LogP contribution is -2.08. The van der Waals surface area contributed by atoms with Crippen molar-refractivity contribution in [2.75, 3.05) is 7.05 Å². The average molecular weight is 205 g/mol. The average Bonchev–Trinajstić information content (AvgIpc) is 2.14. The lowest BCUT2D eigenvalue weighted by atomic mass is 10.1. The van der Waals surface area contributed by atoms with Gasteiger partial charge in [0.1, 0.15) is 0 Å². The Morgan fingerprint density at radius 2 is 1.79 bits per heavy atom. The van der Waals surface area contributed by atoms with Crippen molar-refractivity contribution < 1.29 is 18.0 Å². The zero-order valence-electron chi connectivity index (χ0n) is 7.56. The highest BCUT2D eigenvalue weighted by molar-refractivity contribution is 5.23. The molecule has 0 saturated heterocycles. The van der Waals surface area contributed by atoms with E-state index in [0.29, 0.717) is 5.56 Å². The van der Waals surface area contributed by atoms with Gasteiger partial charge >= 0.3 is 6.18 Å². The molecule has 0 amide bonds. The van der Waals surface area contributed by atoms with Crippen molar-refractivity contribution in [3.63, 3.8) is 0 Å². The highest BCUT2D eigenvalue weighted by atomic mass is 19.4. The lowest BCUT2D eigenvalue weighted by Gasteiger charge is -2.07. The van der Waals surface area contributed by atoms with Crippen LogP contribution in [0.1, 0.15) is 11.1 Å². The maximum atomic E-state index is 12.1. The number of benzene rings is 1. The van der Waals surface area contributed by atoms with Gasteiger partial charge in [0, 0.05) is 7.05 Å². The lowest BCUT2D eigenvalue weighted by molar-refractivity contribution is -0.137. The van der Waals surface area contributed by atoms with Crippen LogP contribution in [0.25, 0.3) is 0 Å². The number of halogens is 3. The summed E-state index contributed by atoms with van der Waals surface area (Å²) in [5, 5.41) is 0. The van der Waals surface area contributed by atoms with Gasteiger partial charge < -0.3 is 0 Å². The summed E-state index contributed by atoms with van der Waals surface area (Å²) in [4.78, 5) is 4.81. The molecule has 0 spiro atoms. The van der Waals surface area contributed by atoms with Gasteiger partial charge in [-0.05, 0) is 17.7 Å². The molecule has 0 aliphatic carbocycles. The molecule has 1 N–H and O–H groups in total. The van der Waals surface area contributed by atoms with Gasteiger partial charge in [-0.25, -0.2) is 5.48 Å². The highest BCUT2D eigenvalue weighted by Crippen LogP contribution is 2.29. The molecule has 0 saturated carbocycles. The molecule has 0 radical (unpaired) electrons. The van der Waals surface area contributed by atoms with Crippen LogP contribution in [0.15, 0.2) is 24.3 Å². The molecule has 1 aromatic rings. The van der Waals surface area contributed by atoms with E-state index in [1.54, 1.807) is 7.05 Å². The minimum atomic E-state index is -4.28. The standard InChI is InChI=1S/C9H10F3NO/c1-13-14-6-7-2-4-8(5-3-7)9(10,11)12/h2-5,13H,6H2,1H3. The van der Waals surface area contributed by atoms with Crippen LogP contribution < -0.4 is 5.48 Å². The van der Waals surface area contributed by atoms with Crippen LogP contribution in [0.4, 0.5) is 13.2 Å². The molecule has 0 aromatic heterocycles. The minimum Gasteiger partial charge on any atom is -0.297 e. The Balaban J connectivity index is 2.69. The molecule has 1 aromatic carbocycles. The Kier molecular flexibility index (Phi) is 3.49. The van der Waals surface area contributed by atoms with E-state index in [4.69, 9.17) is 4.84 Å². The van der Waals surface area contributed by atoms with Gasteiger partial charge in [-0.1, -0.05) is 12.1 Å². The van der Waals surface area contributed by atoms with E-state index in [1.807, 2.05) is 0 Å². The van der Waals surface area contributed by atoms with Crippen molar-refractivity contribution >= 4 is 0 Å². The maximum absolute atomic E-state index is 12.1. The van der Waals surface area contributed by atoms with E-state index in [1.165, 1.54) is 12.1 Å². The maximum Gasteiger partial charge on any atom is 0.416 e. The summed E-state index contributed by atoms with van der Waals surface area (Å²) < 4.78 is 36.4. The number of hydrogen-bond acceptors (Lipinski definition) is 2. The predicted molar refractivity (Wildman–Crippen MR) is 45.3 cm³/mol. The Morgan fingerprint density at radius 1 is 1.21 bits per heavy atom. The van der Waals surface area contributed by atoms with Gasteiger partial charge in [-0.15, -0.1) is 0 Å². The van der Waals surface area contributed by atoms with E-state index in [0.717, 1.165) is 12.1 Å². The zero-order chi connectivity index (χ0) is 10.6. The SMILES string of the molecule is CNOCc1ccc(C(F)(F)F)cc1. The highest BCUT2D eigenvalue weighted by Gasteiger charge is 2.29. The van der Waals surface area contributed by atoms with E-state index < -0.39 is 11.7 Å². The van der Waals surface area contributed by atoms with Gasteiger partial charge in [0.2, 0.25) is 0 Å². The summed E-state index contributed by atoms with van der Waals surface area (Å²) in [6.45, 7) is 0.245. The molecule has 0 unspecified atom stereocenters. The van der Waals surface area contributed by atoms with Crippen molar-refractivity contribution in [2.45, 2.75) is 12.8 Å². The molecular weight excluding hydrogens is 195 g/mol. The fourth-order valence-electron chi connectivity index (χ4n) is 0.945. The van der Waals surface area contributed by atoms with Gasteiger partial charge in [0.25, 0.3) is 0 Å².